The Hall–Kier alpha value is -2.06. The Kier molecular flexibility index (Phi) is 7.67. The van der Waals surface area contributed by atoms with E-state index in [0.717, 1.165) is 55.5 Å². The van der Waals surface area contributed by atoms with E-state index in [1.165, 1.54) is 13.3 Å². The number of anilines is 1. The van der Waals surface area contributed by atoms with E-state index in [1.807, 2.05) is 26.0 Å². The molecule has 1 atom stereocenters. The normalized spacial score (nSPS) is 17.2. The molecule has 1 saturated heterocycles. The lowest BCUT2D eigenvalue weighted by molar-refractivity contribution is -0.114. The van der Waals surface area contributed by atoms with Gasteiger partial charge in [-0.1, -0.05) is 0 Å². The quantitative estimate of drug-likeness (QED) is 0.791. The van der Waals surface area contributed by atoms with Crippen LogP contribution in [0.1, 0.15) is 36.8 Å². The maximum atomic E-state index is 11.1. The molecule has 1 aliphatic rings. The highest BCUT2D eigenvalue weighted by Crippen LogP contribution is 2.21. The van der Waals surface area contributed by atoms with Crippen LogP contribution in [0, 0.1) is 19.8 Å². The van der Waals surface area contributed by atoms with Crippen molar-refractivity contribution in [3.8, 4) is 5.75 Å². The zero-order chi connectivity index (χ0) is 18.5. The van der Waals surface area contributed by atoms with E-state index in [-0.39, 0.29) is 19.4 Å². The number of aromatic amines is 1. The molecule has 0 aliphatic carbocycles. The number of imidazole rings is 1. The molecule has 3 heterocycles. The van der Waals surface area contributed by atoms with Crippen LogP contribution in [0.4, 0.5) is 5.95 Å². The maximum absolute atomic E-state index is 11.1. The lowest BCUT2D eigenvalue weighted by Crippen LogP contribution is -2.37. The molecule has 0 saturated carbocycles. The number of pyridine rings is 1. The summed E-state index contributed by atoms with van der Waals surface area (Å²) in [5.41, 5.74) is 2.98. The van der Waals surface area contributed by atoms with Gasteiger partial charge in [-0.05, 0) is 33.2 Å². The molecule has 1 fully saturated rings. The molecule has 0 spiro atoms. The molecule has 2 N–H and O–H groups in total. The second-order valence-electron chi connectivity index (χ2n) is 7.08. The van der Waals surface area contributed by atoms with Crippen molar-refractivity contribution >= 4 is 25.4 Å². The topological polar surface area (TPSA) is 83.1 Å². The first kappa shape index (κ1) is 21.2. The summed E-state index contributed by atoms with van der Waals surface area (Å²) in [7, 11) is 0. The molecule has 27 heavy (non-hydrogen) atoms. The summed E-state index contributed by atoms with van der Waals surface area (Å²) in [5.74, 6) is 1.80. The van der Waals surface area contributed by atoms with Crippen LogP contribution in [0.15, 0.2) is 18.3 Å². The Labute approximate surface area is 167 Å². The van der Waals surface area contributed by atoms with E-state index >= 15 is 0 Å². The SMILES string of the molecule is CC(=O)Nc1ncc(CN2CCCC(COc3cc(C)nc(C)c3)C2)[nH]1.S. The van der Waals surface area contributed by atoms with Crippen molar-refractivity contribution in [2.75, 3.05) is 25.0 Å². The number of nitrogens with one attached hydrogen (secondary N) is 2. The summed E-state index contributed by atoms with van der Waals surface area (Å²) in [6.07, 6.45) is 4.13. The maximum Gasteiger partial charge on any atom is 0.223 e. The number of nitrogens with zero attached hydrogens (tertiary/aromatic N) is 3. The van der Waals surface area contributed by atoms with Gasteiger partial charge < -0.3 is 9.72 Å². The first-order valence-electron chi connectivity index (χ1n) is 9.10. The highest BCUT2D eigenvalue weighted by Gasteiger charge is 2.21. The third-order valence-corrected chi connectivity index (χ3v) is 4.46. The zero-order valence-electron chi connectivity index (χ0n) is 16.2. The molecular formula is C19H29N5O2S. The number of carbonyl (C=O) groups excluding carboxylic acids is 1. The summed E-state index contributed by atoms with van der Waals surface area (Å²) in [5, 5.41) is 2.67. The molecule has 1 amide bonds. The smallest absolute Gasteiger partial charge is 0.223 e. The van der Waals surface area contributed by atoms with Crippen LogP contribution in [-0.2, 0) is 11.3 Å². The predicted octanol–water partition coefficient (Wildman–Crippen LogP) is 2.78. The summed E-state index contributed by atoms with van der Waals surface area (Å²) in [6, 6.07) is 3.98. The summed E-state index contributed by atoms with van der Waals surface area (Å²) in [4.78, 5) is 25.2. The van der Waals surface area contributed by atoms with E-state index < -0.39 is 0 Å². The molecule has 1 unspecified atom stereocenters. The van der Waals surface area contributed by atoms with Crippen molar-refractivity contribution in [1.82, 2.24) is 19.9 Å². The molecule has 0 aromatic carbocycles. The second-order valence-corrected chi connectivity index (χ2v) is 7.08. The third-order valence-electron chi connectivity index (χ3n) is 4.46. The first-order valence-corrected chi connectivity index (χ1v) is 9.10. The van der Waals surface area contributed by atoms with Gasteiger partial charge in [0.05, 0.1) is 18.5 Å². The number of hydrogen-bond acceptors (Lipinski definition) is 5. The van der Waals surface area contributed by atoms with Crippen LogP contribution in [0.2, 0.25) is 0 Å². The molecule has 2 aromatic rings. The number of aryl methyl sites for hydroxylation is 2. The summed E-state index contributed by atoms with van der Waals surface area (Å²) in [6.45, 7) is 9.04. The Bertz CT molecular complexity index is 744. The highest BCUT2D eigenvalue weighted by molar-refractivity contribution is 7.59. The van der Waals surface area contributed by atoms with Gasteiger partial charge in [0.15, 0.2) is 0 Å². The van der Waals surface area contributed by atoms with Crippen LogP contribution in [0.5, 0.6) is 5.75 Å². The monoisotopic (exact) mass is 391 g/mol. The average molecular weight is 392 g/mol. The van der Waals surface area contributed by atoms with Crippen molar-refractivity contribution < 1.29 is 9.53 Å². The molecule has 0 radical (unpaired) electrons. The van der Waals surface area contributed by atoms with Crippen LogP contribution in [0.25, 0.3) is 0 Å². The third kappa shape index (κ3) is 6.55. The summed E-state index contributed by atoms with van der Waals surface area (Å²) >= 11 is 0. The Balaban J connectivity index is 0.00000261. The number of carbonyl (C=O) groups is 1. The van der Waals surface area contributed by atoms with Gasteiger partial charge in [-0.2, -0.15) is 13.5 Å². The van der Waals surface area contributed by atoms with Crippen LogP contribution < -0.4 is 10.1 Å². The first-order chi connectivity index (χ1) is 12.5. The number of aromatic nitrogens is 3. The fourth-order valence-electron chi connectivity index (χ4n) is 3.44. The molecular weight excluding hydrogens is 362 g/mol. The highest BCUT2D eigenvalue weighted by atomic mass is 32.1. The van der Waals surface area contributed by atoms with E-state index in [0.29, 0.717) is 11.9 Å². The molecule has 1 aliphatic heterocycles. The van der Waals surface area contributed by atoms with Crippen molar-refractivity contribution in [3.05, 3.63) is 35.4 Å². The van der Waals surface area contributed by atoms with Gasteiger partial charge in [-0.25, -0.2) is 4.98 Å². The molecule has 8 heteroatoms. The average Bonchev–Trinajstić information content (AvgIpc) is 2.98. The number of amides is 1. The largest absolute Gasteiger partial charge is 0.493 e. The van der Waals surface area contributed by atoms with Crippen LogP contribution in [-0.4, -0.2) is 45.5 Å². The van der Waals surface area contributed by atoms with Crippen molar-refractivity contribution in [3.63, 3.8) is 0 Å². The minimum Gasteiger partial charge on any atom is -0.493 e. The van der Waals surface area contributed by atoms with Gasteiger partial charge in [-0.3, -0.25) is 20.0 Å². The molecule has 7 nitrogen and oxygen atoms in total. The van der Waals surface area contributed by atoms with E-state index in [1.54, 1.807) is 6.20 Å². The minimum atomic E-state index is -0.123. The van der Waals surface area contributed by atoms with E-state index in [2.05, 4.69) is 25.2 Å². The number of piperidine rings is 1. The van der Waals surface area contributed by atoms with E-state index in [9.17, 15) is 4.79 Å². The van der Waals surface area contributed by atoms with Gasteiger partial charge in [0, 0.05) is 49.5 Å². The fraction of sp³-hybridized carbons (Fsp3) is 0.526. The van der Waals surface area contributed by atoms with Gasteiger partial charge in [0.1, 0.15) is 5.75 Å². The fourth-order valence-corrected chi connectivity index (χ4v) is 3.44. The second kappa shape index (κ2) is 9.75. The van der Waals surface area contributed by atoms with Crippen molar-refractivity contribution in [2.24, 2.45) is 5.92 Å². The van der Waals surface area contributed by atoms with Crippen LogP contribution in [0.3, 0.4) is 0 Å². The van der Waals surface area contributed by atoms with Crippen LogP contribution >= 0.6 is 13.5 Å². The van der Waals surface area contributed by atoms with Gasteiger partial charge in [0.25, 0.3) is 0 Å². The Morgan fingerprint density at radius 2 is 2.11 bits per heavy atom. The van der Waals surface area contributed by atoms with Gasteiger partial charge >= 0.3 is 0 Å². The number of likely N-dealkylation sites (tertiary alicyclic amines) is 1. The minimum absolute atomic E-state index is 0. The van der Waals surface area contributed by atoms with Crippen molar-refractivity contribution in [1.29, 1.82) is 0 Å². The standard InChI is InChI=1S/C19H27N5O2.H2S/c1-13-7-18(8-14(2)21-13)26-12-16-5-4-6-24(10-16)11-17-9-20-19(23-17)22-15(3)25;/h7-9,16H,4-6,10-12H2,1-3H3,(H2,20,22,23,25);1H2. The number of rotatable bonds is 6. The predicted molar refractivity (Wildman–Crippen MR) is 110 cm³/mol. The van der Waals surface area contributed by atoms with Gasteiger partial charge in [0.2, 0.25) is 11.9 Å². The molecule has 3 rings (SSSR count). The number of hydrogen-bond donors (Lipinski definition) is 2. The van der Waals surface area contributed by atoms with Gasteiger partial charge in [-0.15, -0.1) is 0 Å². The lowest BCUT2D eigenvalue weighted by Gasteiger charge is -2.32. The molecule has 148 valence electrons. The lowest BCUT2D eigenvalue weighted by atomic mass is 9.99. The number of ether oxygens (including phenoxy) is 1. The molecule has 2 aromatic heterocycles. The Morgan fingerprint density at radius 1 is 1.37 bits per heavy atom. The molecule has 0 bridgehead atoms. The number of H-pyrrole nitrogens is 1. The Morgan fingerprint density at radius 3 is 2.81 bits per heavy atom. The van der Waals surface area contributed by atoms with Crippen molar-refractivity contribution in [2.45, 2.75) is 40.2 Å². The van der Waals surface area contributed by atoms with E-state index in [4.69, 9.17) is 4.74 Å². The zero-order valence-corrected chi connectivity index (χ0v) is 17.2. The summed E-state index contributed by atoms with van der Waals surface area (Å²) < 4.78 is 6.02.